The molecular formula is C27H32N8O3. The Hall–Kier alpha value is -3.99. The van der Waals surface area contributed by atoms with Crippen LogP contribution in [-0.2, 0) is 20.1 Å². The summed E-state index contributed by atoms with van der Waals surface area (Å²) in [5, 5.41) is 3.08. The molecule has 4 heterocycles. The second-order valence-corrected chi connectivity index (χ2v) is 10.3. The summed E-state index contributed by atoms with van der Waals surface area (Å²) >= 11 is 0. The molecule has 4 aromatic rings. The van der Waals surface area contributed by atoms with Crippen LogP contribution in [0.5, 0.6) is 0 Å². The number of hydrogen-bond acceptors (Lipinski definition) is 7. The minimum Gasteiger partial charge on any atom is -0.356 e. The quantitative estimate of drug-likeness (QED) is 0.395. The molecule has 198 valence electrons. The lowest BCUT2D eigenvalue weighted by atomic mass is 10.1. The highest BCUT2D eigenvalue weighted by Crippen LogP contribution is 2.33. The average Bonchev–Trinajstić information content (AvgIpc) is 3.66. The molecule has 0 unspecified atom stereocenters. The highest BCUT2D eigenvalue weighted by Gasteiger charge is 2.34. The molecule has 1 aromatic carbocycles. The van der Waals surface area contributed by atoms with Gasteiger partial charge in [0.05, 0.1) is 23.1 Å². The summed E-state index contributed by atoms with van der Waals surface area (Å²) < 4.78 is 4.57. The fraction of sp³-hybridized carbons (Fsp3) is 0.444. The first-order valence-corrected chi connectivity index (χ1v) is 13.2. The fourth-order valence-corrected chi connectivity index (χ4v) is 5.59. The number of fused-ring (bicyclic) bond motifs is 2. The minimum absolute atomic E-state index is 0.0251. The van der Waals surface area contributed by atoms with Crippen molar-refractivity contribution < 1.29 is 4.79 Å². The predicted octanol–water partition coefficient (Wildman–Crippen LogP) is 1.33. The molecule has 2 aliphatic rings. The maximum atomic E-state index is 14.0. The Morgan fingerprint density at radius 3 is 2.55 bits per heavy atom. The lowest BCUT2D eigenvalue weighted by Gasteiger charge is -2.33. The van der Waals surface area contributed by atoms with E-state index in [2.05, 4.69) is 20.2 Å². The van der Waals surface area contributed by atoms with Crippen LogP contribution in [0.25, 0.3) is 22.1 Å². The molecular weight excluding hydrogens is 484 g/mol. The molecule has 1 saturated carbocycles. The third kappa shape index (κ3) is 4.07. The van der Waals surface area contributed by atoms with Crippen LogP contribution >= 0.6 is 0 Å². The van der Waals surface area contributed by atoms with Crippen molar-refractivity contribution >= 4 is 33.8 Å². The molecule has 0 bridgehead atoms. The zero-order valence-corrected chi connectivity index (χ0v) is 21.7. The number of nitrogens with two attached hydrogens (primary N) is 1. The summed E-state index contributed by atoms with van der Waals surface area (Å²) in [5.74, 6) is 0.417. The number of amides is 1. The Labute approximate surface area is 218 Å². The number of rotatable bonds is 6. The lowest BCUT2D eigenvalue weighted by Crippen LogP contribution is -2.44. The van der Waals surface area contributed by atoms with E-state index in [1.807, 2.05) is 29.7 Å². The summed E-state index contributed by atoms with van der Waals surface area (Å²) in [6, 6.07) is 5.63. The van der Waals surface area contributed by atoms with Crippen LogP contribution in [0, 0.1) is 0 Å². The number of hydrogen-bond donors (Lipinski definition) is 2. The van der Waals surface area contributed by atoms with E-state index in [-0.39, 0.29) is 24.5 Å². The molecule has 1 aliphatic heterocycles. The molecule has 0 spiro atoms. The van der Waals surface area contributed by atoms with Gasteiger partial charge in [0, 0.05) is 51.2 Å². The zero-order valence-electron chi connectivity index (χ0n) is 21.7. The van der Waals surface area contributed by atoms with Gasteiger partial charge in [0.2, 0.25) is 0 Å². The maximum Gasteiger partial charge on any atom is 0.331 e. The van der Waals surface area contributed by atoms with E-state index >= 15 is 0 Å². The first-order chi connectivity index (χ1) is 18.4. The van der Waals surface area contributed by atoms with E-state index < -0.39 is 11.2 Å². The number of carbonyl (C=O) groups excluding carboxylic acids is 1. The van der Waals surface area contributed by atoms with Crippen molar-refractivity contribution in [2.24, 2.45) is 12.8 Å². The third-order valence-electron chi connectivity index (χ3n) is 7.60. The van der Waals surface area contributed by atoms with Crippen LogP contribution in [0.2, 0.25) is 0 Å². The number of carbonyl (C=O) groups is 1. The van der Waals surface area contributed by atoms with E-state index in [4.69, 9.17) is 5.73 Å². The zero-order chi connectivity index (χ0) is 26.6. The van der Waals surface area contributed by atoms with Crippen LogP contribution in [0.15, 0.2) is 40.2 Å². The molecule has 1 amide bonds. The monoisotopic (exact) mass is 516 g/mol. The van der Waals surface area contributed by atoms with E-state index in [9.17, 15) is 14.4 Å². The molecule has 1 saturated heterocycles. The van der Waals surface area contributed by atoms with Gasteiger partial charge >= 0.3 is 5.69 Å². The number of nitrogens with one attached hydrogen (secondary N) is 1. The second kappa shape index (κ2) is 9.39. The maximum absolute atomic E-state index is 14.0. The van der Waals surface area contributed by atoms with Crippen molar-refractivity contribution in [2.45, 2.75) is 57.8 Å². The smallest absolute Gasteiger partial charge is 0.331 e. The van der Waals surface area contributed by atoms with Gasteiger partial charge in [-0.25, -0.2) is 4.79 Å². The standard InChI is InChI=1S/C27H32N8O3/c1-3-34-23-22(21(24(36)31-18-7-8-18)25(34)33-12-4-5-17(28)15-33)32(2)27(38)35(26(23)37)14-16-6-9-19-20(13-16)30-11-10-29-19/h6,9-11,13,17-18H,3-5,7-8,12,14-15,28H2,1-2H3,(H,31,36)/t17-/m1/s1. The lowest BCUT2D eigenvalue weighted by molar-refractivity contribution is 0.0952. The molecule has 1 atom stereocenters. The summed E-state index contributed by atoms with van der Waals surface area (Å²) in [4.78, 5) is 52.1. The number of benzene rings is 1. The highest BCUT2D eigenvalue weighted by atomic mass is 16.2. The van der Waals surface area contributed by atoms with Crippen molar-refractivity contribution in [2.75, 3.05) is 18.0 Å². The molecule has 3 N–H and O–H groups in total. The number of aromatic nitrogens is 5. The van der Waals surface area contributed by atoms with E-state index in [0.29, 0.717) is 41.0 Å². The second-order valence-electron chi connectivity index (χ2n) is 10.3. The largest absolute Gasteiger partial charge is 0.356 e. The van der Waals surface area contributed by atoms with Crippen molar-refractivity contribution in [3.8, 4) is 0 Å². The van der Waals surface area contributed by atoms with Crippen molar-refractivity contribution in [3.05, 3.63) is 62.6 Å². The van der Waals surface area contributed by atoms with E-state index in [0.717, 1.165) is 43.3 Å². The number of anilines is 1. The number of aryl methyl sites for hydroxylation is 2. The summed E-state index contributed by atoms with van der Waals surface area (Å²) in [6.45, 7) is 3.81. The van der Waals surface area contributed by atoms with Gasteiger partial charge in [0.15, 0.2) is 0 Å². The van der Waals surface area contributed by atoms with Crippen molar-refractivity contribution in [3.63, 3.8) is 0 Å². The van der Waals surface area contributed by atoms with Crippen LogP contribution in [0.3, 0.4) is 0 Å². The van der Waals surface area contributed by atoms with Crippen LogP contribution in [0.1, 0.15) is 48.5 Å². The van der Waals surface area contributed by atoms with Gasteiger partial charge in [-0.1, -0.05) is 6.07 Å². The third-order valence-corrected chi connectivity index (χ3v) is 7.60. The molecule has 38 heavy (non-hydrogen) atoms. The van der Waals surface area contributed by atoms with Gasteiger partial charge in [-0.15, -0.1) is 0 Å². The highest BCUT2D eigenvalue weighted by molar-refractivity contribution is 6.11. The Kier molecular flexibility index (Phi) is 6.02. The topological polar surface area (TPSA) is 133 Å². The predicted molar refractivity (Wildman–Crippen MR) is 146 cm³/mol. The SMILES string of the molecule is CCn1c(N2CCC[C@@H](N)C2)c(C(=O)NC2CC2)c2c1c(=O)n(Cc1ccc3nccnc3c1)c(=O)n2C. The van der Waals surface area contributed by atoms with Gasteiger partial charge in [-0.3, -0.25) is 28.7 Å². The number of nitrogens with zero attached hydrogens (tertiary/aromatic N) is 6. The molecule has 1 aliphatic carbocycles. The first-order valence-electron chi connectivity index (χ1n) is 13.2. The Morgan fingerprint density at radius 2 is 1.84 bits per heavy atom. The summed E-state index contributed by atoms with van der Waals surface area (Å²) in [5.41, 5.74) is 8.72. The molecule has 11 nitrogen and oxygen atoms in total. The first kappa shape index (κ1) is 24.4. The van der Waals surface area contributed by atoms with E-state index in [1.165, 1.54) is 9.13 Å². The number of piperidine rings is 1. The van der Waals surface area contributed by atoms with Gasteiger partial charge in [0.25, 0.3) is 11.5 Å². The molecule has 2 fully saturated rings. The normalized spacial score (nSPS) is 17.9. The van der Waals surface area contributed by atoms with Crippen molar-refractivity contribution in [1.82, 2.24) is 29.0 Å². The molecule has 0 radical (unpaired) electrons. The van der Waals surface area contributed by atoms with Crippen molar-refractivity contribution in [1.29, 1.82) is 0 Å². The van der Waals surface area contributed by atoms with Crippen LogP contribution in [-0.4, -0.2) is 54.7 Å². The Balaban J connectivity index is 1.57. The Morgan fingerprint density at radius 1 is 1.08 bits per heavy atom. The molecule has 11 heteroatoms. The van der Waals surface area contributed by atoms with Crippen LogP contribution < -0.4 is 27.2 Å². The summed E-state index contributed by atoms with van der Waals surface area (Å²) in [7, 11) is 1.63. The van der Waals surface area contributed by atoms with Gasteiger partial charge in [-0.2, -0.15) is 0 Å². The van der Waals surface area contributed by atoms with Crippen LogP contribution in [0.4, 0.5) is 5.82 Å². The Bertz CT molecular complexity index is 1680. The summed E-state index contributed by atoms with van der Waals surface area (Å²) in [6.07, 6.45) is 6.91. The van der Waals surface area contributed by atoms with E-state index in [1.54, 1.807) is 19.4 Å². The molecule has 6 rings (SSSR count). The fourth-order valence-electron chi connectivity index (χ4n) is 5.59. The minimum atomic E-state index is -0.475. The van der Waals surface area contributed by atoms with Gasteiger partial charge in [0.1, 0.15) is 16.9 Å². The molecule has 3 aromatic heterocycles. The average molecular weight is 517 g/mol. The van der Waals surface area contributed by atoms with Gasteiger partial charge < -0.3 is 20.5 Å². The van der Waals surface area contributed by atoms with Gasteiger partial charge in [-0.05, 0) is 50.3 Å².